The molecule has 1 N–H and O–H groups in total. The van der Waals surface area contributed by atoms with Crippen molar-refractivity contribution in [3.05, 3.63) is 57.4 Å². The number of benzene rings is 1. The monoisotopic (exact) mass is 422 g/mol. The predicted octanol–water partition coefficient (Wildman–Crippen LogP) is 4.04. The number of thiophene rings is 1. The Hall–Kier alpha value is -2.80. The summed E-state index contributed by atoms with van der Waals surface area (Å²) in [5.41, 5.74) is 3.51. The van der Waals surface area contributed by atoms with Gasteiger partial charge in [0.15, 0.2) is 0 Å². The fourth-order valence-electron chi connectivity index (χ4n) is 3.90. The maximum Gasteiger partial charge on any atom is 0.261 e. The third-order valence-corrected chi connectivity index (χ3v) is 6.77. The first kappa shape index (κ1) is 20.5. The third kappa shape index (κ3) is 3.94. The maximum atomic E-state index is 12.8. The number of likely N-dealkylation sites (tertiary alicyclic amines) is 1. The van der Waals surface area contributed by atoms with E-state index >= 15 is 0 Å². The highest BCUT2D eigenvalue weighted by Gasteiger charge is 2.20. The summed E-state index contributed by atoms with van der Waals surface area (Å²) < 4.78 is 0. The van der Waals surface area contributed by atoms with Crippen LogP contribution in [-0.4, -0.2) is 39.8 Å². The van der Waals surface area contributed by atoms with Crippen LogP contribution in [0.2, 0.25) is 0 Å². The fourth-order valence-corrected chi connectivity index (χ4v) is 5.07. The van der Waals surface area contributed by atoms with E-state index in [1.165, 1.54) is 11.3 Å². The minimum Gasteiger partial charge on any atom is -0.347 e. The lowest BCUT2D eigenvalue weighted by Gasteiger charge is -2.15. The highest BCUT2D eigenvalue weighted by molar-refractivity contribution is 7.20. The molecule has 156 valence electrons. The Morgan fingerprint density at radius 2 is 1.80 bits per heavy atom. The number of nitrogens with one attached hydrogen (secondary N) is 1. The summed E-state index contributed by atoms with van der Waals surface area (Å²) in [6.45, 7) is 8.04. The smallest absolute Gasteiger partial charge is 0.261 e. The average molecular weight is 423 g/mol. The molecule has 0 saturated carbocycles. The van der Waals surface area contributed by atoms with Crippen LogP contribution in [0.1, 0.15) is 62.4 Å². The first-order chi connectivity index (χ1) is 14.5. The molecule has 7 heteroatoms. The van der Waals surface area contributed by atoms with Crippen LogP contribution >= 0.6 is 11.3 Å². The van der Waals surface area contributed by atoms with E-state index in [-0.39, 0.29) is 11.8 Å². The van der Waals surface area contributed by atoms with E-state index in [0.717, 1.165) is 65.2 Å². The van der Waals surface area contributed by atoms with Gasteiger partial charge in [-0.15, -0.1) is 11.3 Å². The van der Waals surface area contributed by atoms with Crippen LogP contribution in [0.4, 0.5) is 0 Å². The standard InChI is InChI=1S/C23H26N4O2S/c1-4-18-25-15(3)19-14(2)20(30-22(19)26-18)21(28)24-13-16-7-9-17(10-8-16)23(29)27-11-5-6-12-27/h7-10H,4-6,11-13H2,1-3H3,(H,24,28). The van der Waals surface area contributed by atoms with Gasteiger partial charge in [-0.05, 0) is 49.9 Å². The molecule has 1 aromatic carbocycles. The largest absolute Gasteiger partial charge is 0.347 e. The molecule has 0 atom stereocenters. The van der Waals surface area contributed by atoms with Gasteiger partial charge in [0.1, 0.15) is 10.7 Å². The molecule has 0 aliphatic carbocycles. The lowest BCUT2D eigenvalue weighted by Crippen LogP contribution is -2.27. The van der Waals surface area contributed by atoms with E-state index in [9.17, 15) is 9.59 Å². The van der Waals surface area contributed by atoms with Crippen molar-refractivity contribution in [2.45, 2.75) is 46.6 Å². The Morgan fingerprint density at radius 1 is 1.10 bits per heavy atom. The number of fused-ring (bicyclic) bond motifs is 1. The Morgan fingerprint density at radius 3 is 2.47 bits per heavy atom. The van der Waals surface area contributed by atoms with E-state index < -0.39 is 0 Å². The van der Waals surface area contributed by atoms with Crippen LogP contribution in [0.15, 0.2) is 24.3 Å². The molecule has 0 bridgehead atoms. The van der Waals surface area contributed by atoms with Gasteiger partial charge in [-0.3, -0.25) is 9.59 Å². The molecule has 0 unspecified atom stereocenters. The van der Waals surface area contributed by atoms with Gasteiger partial charge in [-0.25, -0.2) is 9.97 Å². The number of hydrogen-bond acceptors (Lipinski definition) is 5. The SMILES string of the molecule is CCc1nc(C)c2c(C)c(C(=O)NCc3ccc(C(=O)N4CCCC4)cc3)sc2n1. The zero-order chi connectivity index (χ0) is 21.3. The highest BCUT2D eigenvalue weighted by Crippen LogP contribution is 2.31. The number of rotatable bonds is 5. The van der Waals surface area contributed by atoms with Crippen molar-refractivity contribution in [3.63, 3.8) is 0 Å². The van der Waals surface area contributed by atoms with Gasteiger partial charge in [-0.1, -0.05) is 19.1 Å². The van der Waals surface area contributed by atoms with Crippen LogP contribution in [0.5, 0.6) is 0 Å². The van der Waals surface area contributed by atoms with Crippen LogP contribution in [0.3, 0.4) is 0 Å². The van der Waals surface area contributed by atoms with Gasteiger partial charge in [0.05, 0.1) is 4.88 Å². The molecule has 2 aromatic heterocycles. The second-order valence-corrected chi connectivity index (χ2v) is 8.69. The lowest BCUT2D eigenvalue weighted by molar-refractivity contribution is 0.0792. The number of hydrogen-bond donors (Lipinski definition) is 1. The fraction of sp³-hybridized carbons (Fsp3) is 0.391. The Kier molecular flexibility index (Phi) is 5.81. The molecule has 30 heavy (non-hydrogen) atoms. The molecule has 3 heterocycles. The Bertz CT molecular complexity index is 1100. The minimum atomic E-state index is -0.106. The first-order valence-electron chi connectivity index (χ1n) is 10.4. The van der Waals surface area contributed by atoms with E-state index in [0.29, 0.717) is 17.0 Å². The van der Waals surface area contributed by atoms with Crippen molar-refractivity contribution >= 4 is 33.4 Å². The van der Waals surface area contributed by atoms with Crippen LogP contribution in [-0.2, 0) is 13.0 Å². The number of nitrogens with zero attached hydrogens (tertiary/aromatic N) is 3. The lowest BCUT2D eigenvalue weighted by atomic mass is 10.1. The zero-order valence-electron chi connectivity index (χ0n) is 17.6. The van der Waals surface area contributed by atoms with Crippen LogP contribution < -0.4 is 5.32 Å². The average Bonchev–Trinajstić information content (AvgIpc) is 3.40. The number of carbonyl (C=O) groups is 2. The van der Waals surface area contributed by atoms with E-state index in [1.54, 1.807) is 0 Å². The van der Waals surface area contributed by atoms with Crippen LogP contribution in [0.25, 0.3) is 10.2 Å². The van der Waals surface area contributed by atoms with Crippen molar-refractivity contribution in [1.29, 1.82) is 0 Å². The molecule has 1 aliphatic heterocycles. The molecule has 1 saturated heterocycles. The summed E-state index contributed by atoms with van der Waals surface area (Å²) in [4.78, 5) is 37.8. The van der Waals surface area contributed by atoms with Gasteiger partial charge in [-0.2, -0.15) is 0 Å². The molecule has 2 amide bonds. The number of carbonyl (C=O) groups excluding carboxylic acids is 2. The Balaban J connectivity index is 1.45. The second-order valence-electron chi connectivity index (χ2n) is 7.69. The second kappa shape index (κ2) is 8.52. The molecule has 1 fully saturated rings. The number of aromatic nitrogens is 2. The molecule has 0 radical (unpaired) electrons. The van der Waals surface area contributed by atoms with Crippen LogP contribution in [0, 0.1) is 13.8 Å². The molecule has 3 aromatic rings. The minimum absolute atomic E-state index is 0.0897. The normalized spacial score (nSPS) is 13.8. The molecule has 0 spiro atoms. The summed E-state index contributed by atoms with van der Waals surface area (Å²) in [6, 6.07) is 7.51. The first-order valence-corrected chi connectivity index (χ1v) is 11.2. The Labute approximate surface area is 180 Å². The van der Waals surface area contributed by atoms with E-state index in [2.05, 4.69) is 15.3 Å². The summed E-state index contributed by atoms with van der Waals surface area (Å²) >= 11 is 1.42. The third-order valence-electron chi connectivity index (χ3n) is 5.59. The summed E-state index contributed by atoms with van der Waals surface area (Å²) in [5.74, 6) is 0.786. The van der Waals surface area contributed by atoms with E-state index in [4.69, 9.17) is 0 Å². The van der Waals surface area contributed by atoms with E-state index in [1.807, 2.05) is 49.9 Å². The van der Waals surface area contributed by atoms with Crippen molar-refractivity contribution in [3.8, 4) is 0 Å². The van der Waals surface area contributed by atoms with Crippen molar-refractivity contribution < 1.29 is 9.59 Å². The quantitative estimate of drug-likeness (QED) is 0.673. The van der Waals surface area contributed by atoms with Gasteiger partial charge in [0.2, 0.25) is 0 Å². The van der Waals surface area contributed by atoms with Crippen molar-refractivity contribution in [2.75, 3.05) is 13.1 Å². The molecular formula is C23H26N4O2S. The molecule has 4 rings (SSSR count). The van der Waals surface area contributed by atoms with Gasteiger partial charge in [0, 0.05) is 42.7 Å². The van der Waals surface area contributed by atoms with Gasteiger partial charge < -0.3 is 10.2 Å². The molecule has 6 nitrogen and oxygen atoms in total. The molecule has 1 aliphatic rings. The zero-order valence-corrected chi connectivity index (χ0v) is 18.4. The highest BCUT2D eigenvalue weighted by atomic mass is 32.1. The van der Waals surface area contributed by atoms with Gasteiger partial charge in [0.25, 0.3) is 11.8 Å². The molecular weight excluding hydrogens is 396 g/mol. The number of aryl methyl sites for hydroxylation is 3. The summed E-state index contributed by atoms with van der Waals surface area (Å²) in [6.07, 6.45) is 2.93. The van der Waals surface area contributed by atoms with Gasteiger partial charge >= 0.3 is 0 Å². The maximum absolute atomic E-state index is 12.8. The summed E-state index contributed by atoms with van der Waals surface area (Å²) in [5, 5.41) is 3.98. The number of amides is 2. The summed E-state index contributed by atoms with van der Waals surface area (Å²) in [7, 11) is 0. The van der Waals surface area contributed by atoms with Crippen molar-refractivity contribution in [1.82, 2.24) is 20.2 Å². The van der Waals surface area contributed by atoms with Crippen molar-refractivity contribution in [2.24, 2.45) is 0 Å². The topological polar surface area (TPSA) is 75.2 Å². The predicted molar refractivity (Wildman–Crippen MR) is 119 cm³/mol.